The molecule has 2 N–H and O–H groups in total. The van der Waals surface area contributed by atoms with Crippen molar-refractivity contribution in [2.45, 2.75) is 13.3 Å². The largest absolute Gasteiger partial charge is 0.494 e. The number of ether oxygens (including phenoxy) is 1. The third kappa shape index (κ3) is 6.65. The van der Waals surface area contributed by atoms with Gasteiger partial charge in [0.25, 0.3) is 0 Å². The van der Waals surface area contributed by atoms with E-state index in [1.54, 1.807) is 14.0 Å². The minimum Gasteiger partial charge on any atom is -0.494 e. The molecule has 0 spiro atoms. The number of carboxylic acids is 1. The lowest BCUT2D eigenvalue weighted by Crippen LogP contribution is -2.41. The normalized spacial score (nSPS) is 11.5. The summed E-state index contributed by atoms with van der Waals surface area (Å²) in [5, 5.41) is 11.5. The molecule has 1 rings (SSSR count). The van der Waals surface area contributed by atoms with Gasteiger partial charge in [0.05, 0.1) is 12.5 Å². The molecule has 0 aliphatic rings. The third-order valence-corrected chi connectivity index (χ3v) is 2.93. The fourth-order valence-electron chi connectivity index (χ4n) is 1.68. The van der Waals surface area contributed by atoms with Crippen molar-refractivity contribution in [1.82, 2.24) is 10.2 Å². The molecule has 0 heterocycles. The molecule has 1 aromatic carbocycles. The second kappa shape index (κ2) is 8.84. The van der Waals surface area contributed by atoms with E-state index in [1.807, 2.05) is 30.3 Å². The number of carbonyl (C=O) groups is 2. The molecule has 0 saturated carbocycles. The molecule has 0 aromatic heterocycles. The van der Waals surface area contributed by atoms with Gasteiger partial charge in [-0.1, -0.05) is 25.1 Å². The maximum Gasteiger partial charge on any atom is 0.317 e. The van der Waals surface area contributed by atoms with E-state index in [0.717, 1.165) is 5.75 Å². The quantitative estimate of drug-likeness (QED) is 0.717. The lowest BCUT2D eigenvalue weighted by Gasteiger charge is -2.20. The van der Waals surface area contributed by atoms with Gasteiger partial charge in [-0.2, -0.15) is 0 Å². The Balaban J connectivity index is 2.14. The van der Waals surface area contributed by atoms with Crippen LogP contribution in [0.2, 0.25) is 0 Å². The van der Waals surface area contributed by atoms with Crippen LogP contribution in [0.1, 0.15) is 13.3 Å². The van der Waals surface area contributed by atoms with Crippen LogP contribution in [0.4, 0.5) is 4.79 Å². The van der Waals surface area contributed by atoms with Crippen LogP contribution in [0.5, 0.6) is 5.75 Å². The summed E-state index contributed by atoms with van der Waals surface area (Å²) in [6, 6.07) is 9.19. The molecular weight excluding hydrogens is 272 g/mol. The molecule has 2 amide bonds. The van der Waals surface area contributed by atoms with Crippen LogP contribution >= 0.6 is 0 Å². The van der Waals surface area contributed by atoms with Gasteiger partial charge in [-0.3, -0.25) is 4.79 Å². The van der Waals surface area contributed by atoms with Crippen molar-refractivity contribution in [3.05, 3.63) is 30.3 Å². The van der Waals surface area contributed by atoms with Gasteiger partial charge in [0.2, 0.25) is 0 Å². The first-order chi connectivity index (χ1) is 10.0. The lowest BCUT2D eigenvalue weighted by atomic mass is 10.2. The predicted molar refractivity (Wildman–Crippen MR) is 79.4 cm³/mol. The average molecular weight is 294 g/mol. The van der Waals surface area contributed by atoms with Crippen LogP contribution in [0.15, 0.2) is 30.3 Å². The summed E-state index contributed by atoms with van der Waals surface area (Å²) in [5.74, 6) is -0.690. The highest BCUT2D eigenvalue weighted by Crippen LogP contribution is 2.08. The summed E-state index contributed by atoms with van der Waals surface area (Å²) in [4.78, 5) is 23.8. The maximum atomic E-state index is 11.7. The van der Waals surface area contributed by atoms with Gasteiger partial charge >= 0.3 is 12.0 Å². The standard InChI is InChI=1S/C15H22N2O4/c1-12(14(18)19)11-17(2)15(20)16-9-6-10-21-13-7-4-3-5-8-13/h3-5,7-8,12H,6,9-11H2,1-2H3,(H,16,20)(H,18,19). The molecule has 1 atom stereocenters. The minimum atomic E-state index is -0.911. The molecule has 6 heteroatoms. The van der Waals surface area contributed by atoms with Crippen molar-refractivity contribution < 1.29 is 19.4 Å². The number of hydrogen-bond donors (Lipinski definition) is 2. The van der Waals surface area contributed by atoms with Crippen LogP contribution in [0, 0.1) is 5.92 Å². The van der Waals surface area contributed by atoms with Gasteiger partial charge < -0.3 is 20.1 Å². The highest BCUT2D eigenvalue weighted by Gasteiger charge is 2.16. The van der Waals surface area contributed by atoms with E-state index in [9.17, 15) is 9.59 Å². The van der Waals surface area contributed by atoms with Crippen molar-refractivity contribution in [3.63, 3.8) is 0 Å². The number of aliphatic carboxylic acids is 1. The van der Waals surface area contributed by atoms with E-state index in [-0.39, 0.29) is 12.6 Å². The highest BCUT2D eigenvalue weighted by molar-refractivity contribution is 5.75. The van der Waals surface area contributed by atoms with Gasteiger partial charge in [-0.15, -0.1) is 0 Å². The predicted octanol–water partition coefficient (Wildman–Crippen LogP) is 1.82. The molecule has 1 aromatic rings. The number of amides is 2. The number of carbonyl (C=O) groups excluding carboxylic acids is 1. The number of urea groups is 1. The van der Waals surface area contributed by atoms with Gasteiger partial charge in [-0.05, 0) is 18.6 Å². The number of nitrogens with one attached hydrogen (secondary N) is 1. The summed E-state index contributed by atoms with van der Waals surface area (Å²) in [7, 11) is 1.58. The van der Waals surface area contributed by atoms with E-state index in [1.165, 1.54) is 4.90 Å². The van der Waals surface area contributed by atoms with Crippen LogP contribution in [0.3, 0.4) is 0 Å². The van der Waals surface area contributed by atoms with Gasteiger partial charge in [-0.25, -0.2) is 4.79 Å². The molecule has 1 unspecified atom stereocenters. The number of rotatable bonds is 8. The smallest absolute Gasteiger partial charge is 0.317 e. The summed E-state index contributed by atoms with van der Waals surface area (Å²) >= 11 is 0. The third-order valence-electron chi connectivity index (χ3n) is 2.93. The molecule has 6 nitrogen and oxygen atoms in total. The van der Waals surface area contributed by atoms with Crippen LogP contribution in [-0.2, 0) is 4.79 Å². The van der Waals surface area contributed by atoms with Crippen molar-refractivity contribution >= 4 is 12.0 Å². The van der Waals surface area contributed by atoms with Gasteiger partial charge in [0.1, 0.15) is 5.75 Å². The Labute approximate surface area is 124 Å². The van der Waals surface area contributed by atoms with E-state index in [0.29, 0.717) is 19.6 Å². The summed E-state index contributed by atoms with van der Waals surface area (Å²) in [6.45, 7) is 2.75. The van der Waals surface area contributed by atoms with E-state index >= 15 is 0 Å². The average Bonchev–Trinajstić information content (AvgIpc) is 2.47. The molecule has 0 aliphatic heterocycles. The molecule has 21 heavy (non-hydrogen) atoms. The lowest BCUT2D eigenvalue weighted by molar-refractivity contribution is -0.141. The number of benzene rings is 1. The van der Waals surface area contributed by atoms with Gasteiger partial charge in [0, 0.05) is 20.1 Å². The number of hydrogen-bond acceptors (Lipinski definition) is 3. The van der Waals surface area contributed by atoms with Crippen molar-refractivity contribution in [2.75, 3.05) is 26.7 Å². The van der Waals surface area contributed by atoms with Crippen LogP contribution in [0.25, 0.3) is 0 Å². The molecule has 0 bridgehead atoms. The Kier molecular flexibility index (Phi) is 7.08. The molecule has 0 radical (unpaired) electrons. The Morgan fingerprint density at radius 1 is 1.33 bits per heavy atom. The Hall–Kier alpha value is -2.24. The minimum absolute atomic E-state index is 0.182. The molecule has 0 saturated heterocycles. The Bertz CT molecular complexity index is 450. The van der Waals surface area contributed by atoms with E-state index < -0.39 is 11.9 Å². The number of nitrogens with zero attached hydrogens (tertiary/aromatic N) is 1. The number of para-hydroxylation sites is 1. The summed E-state index contributed by atoms with van der Waals surface area (Å²) in [5.41, 5.74) is 0. The zero-order chi connectivity index (χ0) is 15.7. The van der Waals surface area contributed by atoms with E-state index in [4.69, 9.17) is 9.84 Å². The first-order valence-electron chi connectivity index (χ1n) is 6.90. The highest BCUT2D eigenvalue weighted by atomic mass is 16.5. The first kappa shape index (κ1) is 16.8. The molecular formula is C15H22N2O4. The van der Waals surface area contributed by atoms with Crippen molar-refractivity contribution in [2.24, 2.45) is 5.92 Å². The number of carboxylic acid groups (broad SMARTS) is 1. The Morgan fingerprint density at radius 3 is 2.62 bits per heavy atom. The summed E-state index contributed by atoms with van der Waals surface area (Å²) < 4.78 is 5.50. The molecule has 0 aliphatic carbocycles. The van der Waals surface area contributed by atoms with Crippen LogP contribution in [-0.4, -0.2) is 48.8 Å². The Morgan fingerprint density at radius 2 is 2.00 bits per heavy atom. The maximum absolute atomic E-state index is 11.7. The monoisotopic (exact) mass is 294 g/mol. The zero-order valence-electron chi connectivity index (χ0n) is 12.4. The molecule has 0 fully saturated rings. The zero-order valence-corrected chi connectivity index (χ0v) is 12.4. The SMILES string of the molecule is CC(CN(C)C(=O)NCCCOc1ccccc1)C(=O)O. The van der Waals surface area contributed by atoms with Crippen molar-refractivity contribution in [1.29, 1.82) is 0 Å². The summed E-state index contributed by atoms with van der Waals surface area (Å²) in [6.07, 6.45) is 0.683. The first-order valence-corrected chi connectivity index (χ1v) is 6.90. The fourth-order valence-corrected chi connectivity index (χ4v) is 1.68. The topological polar surface area (TPSA) is 78.9 Å². The van der Waals surface area contributed by atoms with Crippen LogP contribution < -0.4 is 10.1 Å². The van der Waals surface area contributed by atoms with Crippen molar-refractivity contribution in [3.8, 4) is 5.75 Å². The second-order valence-corrected chi connectivity index (χ2v) is 4.87. The molecule has 116 valence electrons. The second-order valence-electron chi connectivity index (χ2n) is 4.87. The van der Waals surface area contributed by atoms with E-state index in [2.05, 4.69) is 5.32 Å². The fraction of sp³-hybridized carbons (Fsp3) is 0.467. The van der Waals surface area contributed by atoms with Gasteiger partial charge in [0.15, 0.2) is 0 Å².